The third-order valence-electron chi connectivity index (χ3n) is 2.69. The van der Waals surface area contributed by atoms with Crippen LogP contribution >= 0.6 is 0 Å². The number of aromatic nitrogens is 4. The van der Waals surface area contributed by atoms with Gasteiger partial charge in [0.05, 0.1) is 12.2 Å². The van der Waals surface area contributed by atoms with Gasteiger partial charge in [0.2, 0.25) is 6.39 Å². The highest BCUT2D eigenvalue weighted by atomic mass is 16.5. The Labute approximate surface area is 103 Å². The maximum absolute atomic E-state index is 4.67. The van der Waals surface area contributed by atoms with Crippen LogP contribution in [0.1, 0.15) is 11.5 Å². The molecule has 0 amide bonds. The van der Waals surface area contributed by atoms with Gasteiger partial charge in [0.25, 0.3) is 0 Å². The predicted molar refractivity (Wildman–Crippen MR) is 65.9 cm³/mol. The summed E-state index contributed by atoms with van der Waals surface area (Å²) in [6.07, 6.45) is 1.30. The third-order valence-corrected chi connectivity index (χ3v) is 2.69. The first-order valence-electron chi connectivity index (χ1n) is 5.56. The van der Waals surface area contributed by atoms with Crippen LogP contribution in [0.15, 0.2) is 35.2 Å². The Balaban J connectivity index is 1.94. The van der Waals surface area contributed by atoms with E-state index in [-0.39, 0.29) is 0 Å². The van der Waals surface area contributed by atoms with Crippen LogP contribution in [0.4, 0.5) is 5.82 Å². The molecule has 2 heterocycles. The van der Waals surface area contributed by atoms with Gasteiger partial charge in [-0.25, -0.2) is 0 Å². The van der Waals surface area contributed by atoms with E-state index in [0.717, 1.165) is 22.3 Å². The molecule has 0 unspecified atom stereocenters. The van der Waals surface area contributed by atoms with Crippen LogP contribution < -0.4 is 5.32 Å². The molecule has 18 heavy (non-hydrogen) atoms. The lowest BCUT2D eigenvalue weighted by molar-refractivity contribution is 0.411. The Hall–Kier alpha value is -2.50. The van der Waals surface area contributed by atoms with E-state index < -0.39 is 0 Å². The molecule has 6 heteroatoms. The summed E-state index contributed by atoms with van der Waals surface area (Å²) < 4.78 is 4.67. The van der Waals surface area contributed by atoms with Crippen molar-refractivity contribution in [3.05, 3.63) is 42.2 Å². The minimum absolute atomic E-state index is 0.457. The molecule has 0 atom stereocenters. The number of hydrogen-bond donors (Lipinski definition) is 1. The molecule has 0 aliphatic carbocycles. The van der Waals surface area contributed by atoms with Gasteiger partial charge in [0.1, 0.15) is 0 Å². The van der Waals surface area contributed by atoms with Gasteiger partial charge in [-0.05, 0) is 6.92 Å². The van der Waals surface area contributed by atoms with Crippen molar-refractivity contribution in [3.8, 4) is 0 Å². The van der Waals surface area contributed by atoms with E-state index in [9.17, 15) is 0 Å². The second-order valence-corrected chi connectivity index (χ2v) is 3.88. The zero-order valence-corrected chi connectivity index (χ0v) is 9.79. The van der Waals surface area contributed by atoms with Crippen molar-refractivity contribution in [2.75, 3.05) is 5.32 Å². The van der Waals surface area contributed by atoms with Crippen LogP contribution in [0.3, 0.4) is 0 Å². The summed E-state index contributed by atoms with van der Waals surface area (Å²) in [5, 5.41) is 17.3. The van der Waals surface area contributed by atoms with E-state index in [1.807, 2.05) is 31.2 Å². The second kappa shape index (κ2) is 4.40. The molecular formula is C12H11N5O. The average Bonchev–Trinajstić information content (AvgIpc) is 2.92. The van der Waals surface area contributed by atoms with Crippen LogP contribution in [0.5, 0.6) is 0 Å². The molecule has 0 saturated carbocycles. The maximum atomic E-state index is 4.67. The van der Waals surface area contributed by atoms with E-state index in [0.29, 0.717) is 12.4 Å². The molecule has 3 rings (SSSR count). The number of nitrogens with one attached hydrogen (secondary N) is 1. The SMILES string of the molecule is Cc1nnc(NCc2ncon2)c2ccccc12. The third kappa shape index (κ3) is 1.88. The number of aryl methyl sites for hydroxylation is 1. The number of benzene rings is 1. The lowest BCUT2D eigenvalue weighted by Gasteiger charge is -2.07. The van der Waals surface area contributed by atoms with E-state index in [2.05, 4.69) is 30.2 Å². The zero-order valence-electron chi connectivity index (χ0n) is 9.79. The number of nitrogens with zero attached hydrogens (tertiary/aromatic N) is 4. The Bertz CT molecular complexity index is 665. The molecule has 0 aliphatic heterocycles. The van der Waals surface area contributed by atoms with E-state index in [4.69, 9.17) is 0 Å². The lowest BCUT2D eigenvalue weighted by Crippen LogP contribution is -2.05. The minimum atomic E-state index is 0.457. The van der Waals surface area contributed by atoms with Crippen LogP contribution in [-0.4, -0.2) is 20.3 Å². The number of hydrogen-bond acceptors (Lipinski definition) is 6. The summed E-state index contributed by atoms with van der Waals surface area (Å²) in [4.78, 5) is 3.94. The second-order valence-electron chi connectivity index (χ2n) is 3.88. The summed E-state index contributed by atoms with van der Waals surface area (Å²) in [5.74, 6) is 1.31. The standard InChI is InChI=1S/C12H11N5O/c1-8-9-4-2-3-5-10(9)12(16-15-8)13-6-11-14-7-18-17-11/h2-5,7H,6H2,1H3,(H,13,16). The molecule has 6 nitrogen and oxygen atoms in total. The Morgan fingerprint density at radius 2 is 2.00 bits per heavy atom. The first-order chi connectivity index (χ1) is 8.84. The summed E-state index contributed by atoms with van der Waals surface area (Å²) in [5.41, 5.74) is 0.913. The van der Waals surface area contributed by atoms with Gasteiger partial charge in [-0.2, -0.15) is 10.1 Å². The molecular weight excluding hydrogens is 230 g/mol. The fourth-order valence-electron chi connectivity index (χ4n) is 1.80. The summed E-state index contributed by atoms with van der Waals surface area (Å²) in [6.45, 7) is 2.40. The number of rotatable bonds is 3. The molecule has 0 saturated heterocycles. The highest BCUT2D eigenvalue weighted by Gasteiger charge is 2.06. The fourth-order valence-corrected chi connectivity index (χ4v) is 1.80. The van der Waals surface area contributed by atoms with Crippen LogP contribution in [0.2, 0.25) is 0 Å². The van der Waals surface area contributed by atoms with Crippen LogP contribution in [-0.2, 0) is 6.54 Å². The van der Waals surface area contributed by atoms with Crippen molar-refractivity contribution >= 4 is 16.6 Å². The molecule has 0 spiro atoms. The largest absolute Gasteiger partial charge is 0.361 e. The van der Waals surface area contributed by atoms with Gasteiger partial charge in [-0.3, -0.25) is 0 Å². The van der Waals surface area contributed by atoms with Crippen molar-refractivity contribution in [1.29, 1.82) is 0 Å². The smallest absolute Gasteiger partial charge is 0.213 e. The molecule has 0 radical (unpaired) electrons. The molecule has 3 aromatic rings. The van der Waals surface area contributed by atoms with Crippen LogP contribution in [0, 0.1) is 6.92 Å². The van der Waals surface area contributed by atoms with E-state index in [1.165, 1.54) is 6.39 Å². The highest BCUT2D eigenvalue weighted by molar-refractivity contribution is 5.92. The molecule has 2 aromatic heterocycles. The average molecular weight is 241 g/mol. The summed E-state index contributed by atoms with van der Waals surface area (Å²) in [7, 11) is 0. The molecule has 1 N–H and O–H groups in total. The molecule has 0 bridgehead atoms. The van der Waals surface area contributed by atoms with Gasteiger partial charge in [-0.1, -0.05) is 29.4 Å². The quantitative estimate of drug-likeness (QED) is 0.755. The Kier molecular flexibility index (Phi) is 2.60. The molecule has 0 fully saturated rings. The van der Waals surface area contributed by atoms with Gasteiger partial charge >= 0.3 is 0 Å². The summed E-state index contributed by atoms with van der Waals surface area (Å²) >= 11 is 0. The minimum Gasteiger partial charge on any atom is -0.361 e. The highest BCUT2D eigenvalue weighted by Crippen LogP contribution is 2.22. The van der Waals surface area contributed by atoms with Gasteiger partial charge in [-0.15, -0.1) is 5.10 Å². The van der Waals surface area contributed by atoms with Crippen molar-refractivity contribution in [2.45, 2.75) is 13.5 Å². The predicted octanol–water partition coefficient (Wildman–Crippen LogP) is 1.93. The Morgan fingerprint density at radius 1 is 1.17 bits per heavy atom. The number of anilines is 1. The molecule has 0 aliphatic rings. The van der Waals surface area contributed by atoms with Gasteiger partial charge < -0.3 is 9.84 Å². The van der Waals surface area contributed by atoms with Crippen molar-refractivity contribution in [3.63, 3.8) is 0 Å². The monoisotopic (exact) mass is 241 g/mol. The van der Waals surface area contributed by atoms with Gasteiger partial charge in [0, 0.05) is 10.8 Å². The fraction of sp³-hybridized carbons (Fsp3) is 0.167. The Morgan fingerprint density at radius 3 is 2.78 bits per heavy atom. The topological polar surface area (TPSA) is 76.7 Å². The van der Waals surface area contributed by atoms with Crippen molar-refractivity contribution < 1.29 is 4.52 Å². The summed E-state index contributed by atoms with van der Waals surface area (Å²) in [6, 6.07) is 8.00. The van der Waals surface area contributed by atoms with Crippen molar-refractivity contribution in [2.24, 2.45) is 0 Å². The van der Waals surface area contributed by atoms with Crippen LogP contribution in [0.25, 0.3) is 10.8 Å². The molecule has 90 valence electrons. The first-order valence-corrected chi connectivity index (χ1v) is 5.56. The van der Waals surface area contributed by atoms with Gasteiger partial charge in [0.15, 0.2) is 11.6 Å². The van der Waals surface area contributed by atoms with E-state index >= 15 is 0 Å². The normalized spacial score (nSPS) is 10.7. The molecule has 1 aromatic carbocycles. The lowest BCUT2D eigenvalue weighted by atomic mass is 10.1. The first kappa shape index (κ1) is 10.6. The van der Waals surface area contributed by atoms with Crippen molar-refractivity contribution in [1.82, 2.24) is 20.3 Å². The van der Waals surface area contributed by atoms with E-state index in [1.54, 1.807) is 0 Å². The zero-order chi connectivity index (χ0) is 12.4. The maximum Gasteiger partial charge on any atom is 0.213 e. The number of fused-ring (bicyclic) bond motifs is 1.